The van der Waals surface area contributed by atoms with Crippen molar-refractivity contribution >= 4 is 11.7 Å². The van der Waals surface area contributed by atoms with Gasteiger partial charge in [-0.25, -0.2) is 9.97 Å². The normalized spacial score (nSPS) is 10.1. The Morgan fingerprint density at radius 3 is 2.71 bits per heavy atom. The van der Waals surface area contributed by atoms with Gasteiger partial charge in [-0.05, 0) is 12.1 Å². The average Bonchev–Trinajstić information content (AvgIpc) is 2.30. The van der Waals surface area contributed by atoms with Gasteiger partial charge in [-0.3, -0.25) is 9.78 Å². The van der Waals surface area contributed by atoms with Crippen LogP contribution in [0.4, 0.5) is 5.82 Å². The largest absolute Gasteiger partial charge is 0.383 e. The van der Waals surface area contributed by atoms with Crippen LogP contribution < -0.4 is 11.5 Å². The van der Waals surface area contributed by atoms with Crippen LogP contribution in [0, 0.1) is 0 Å². The summed E-state index contributed by atoms with van der Waals surface area (Å²) in [7, 11) is 0. The number of rotatable bonds is 3. The van der Waals surface area contributed by atoms with E-state index in [2.05, 4.69) is 15.0 Å². The molecule has 0 aliphatic heterocycles. The Bertz CT molecular complexity index is 541. The van der Waals surface area contributed by atoms with Crippen molar-refractivity contribution in [2.75, 3.05) is 5.73 Å². The number of carbonyl (C=O) groups excluding carboxylic acids is 1. The predicted molar refractivity (Wildman–Crippen MR) is 62.0 cm³/mol. The second kappa shape index (κ2) is 4.56. The Morgan fingerprint density at radius 1 is 1.29 bits per heavy atom. The summed E-state index contributed by atoms with van der Waals surface area (Å²) in [5.74, 6) is -0.0310. The van der Waals surface area contributed by atoms with Crippen molar-refractivity contribution in [3.05, 3.63) is 47.7 Å². The second-order valence-corrected chi connectivity index (χ2v) is 3.45. The van der Waals surface area contributed by atoms with Crippen LogP contribution in [-0.4, -0.2) is 20.9 Å². The fourth-order valence-corrected chi connectivity index (χ4v) is 1.37. The molecule has 0 saturated heterocycles. The summed E-state index contributed by atoms with van der Waals surface area (Å²) in [6, 6.07) is 5.57. The molecule has 0 fully saturated rings. The molecular formula is C11H11N5O. The van der Waals surface area contributed by atoms with Crippen LogP contribution in [0.25, 0.3) is 0 Å². The maximum Gasteiger partial charge on any atom is 0.254 e. The van der Waals surface area contributed by atoms with Crippen LogP contribution in [0.15, 0.2) is 30.6 Å². The summed E-state index contributed by atoms with van der Waals surface area (Å²) in [5.41, 5.74) is 11.7. The van der Waals surface area contributed by atoms with E-state index in [0.717, 1.165) is 5.69 Å². The number of amides is 1. The van der Waals surface area contributed by atoms with Crippen molar-refractivity contribution in [2.45, 2.75) is 6.42 Å². The molecule has 2 aromatic heterocycles. The third-order valence-electron chi connectivity index (χ3n) is 2.20. The van der Waals surface area contributed by atoms with E-state index >= 15 is 0 Å². The molecular weight excluding hydrogens is 218 g/mol. The van der Waals surface area contributed by atoms with Gasteiger partial charge >= 0.3 is 0 Å². The topological polar surface area (TPSA) is 108 Å². The highest BCUT2D eigenvalue weighted by atomic mass is 16.1. The molecule has 2 rings (SSSR count). The lowest BCUT2D eigenvalue weighted by atomic mass is 10.2. The summed E-state index contributed by atoms with van der Waals surface area (Å²) in [5, 5.41) is 0. The van der Waals surface area contributed by atoms with E-state index < -0.39 is 5.91 Å². The Kier molecular flexibility index (Phi) is 2.95. The number of nitrogens with two attached hydrogens (primary N) is 2. The molecule has 0 saturated carbocycles. The fourth-order valence-electron chi connectivity index (χ4n) is 1.37. The zero-order valence-corrected chi connectivity index (χ0v) is 9.00. The van der Waals surface area contributed by atoms with Gasteiger partial charge in [0.1, 0.15) is 11.6 Å². The van der Waals surface area contributed by atoms with Crippen LogP contribution in [0.3, 0.4) is 0 Å². The summed E-state index contributed by atoms with van der Waals surface area (Å²) >= 11 is 0. The molecule has 0 aromatic carbocycles. The minimum atomic E-state index is -0.633. The van der Waals surface area contributed by atoms with Gasteiger partial charge in [0.05, 0.1) is 12.0 Å². The molecule has 0 spiro atoms. The molecule has 2 aromatic rings. The molecule has 0 atom stereocenters. The highest BCUT2D eigenvalue weighted by Crippen LogP contribution is 2.08. The number of anilines is 1. The molecule has 0 unspecified atom stereocenters. The van der Waals surface area contributed by atoms with Crippen LogP contribution >= 0.6 is 0 Å². The molecule has 0 radical (unpaired) electrons. The Morgan fingerprint density at radius 2 is 2.12 bits per heavy atom. The minimum absolute atomic E-state index is 0.0958. The van der Waals surface area contributed by atoms with Gasteiger partial charge in [0, 0.05) is 18.1 Å². The Hall–Kier alpha value is -2.50. The molecule has 0 aliphatic carbocycles. The van der Waals surface area contributed by atoms with E-state index in [1.165, 1.54) is 6.20 Å². The van der Waals surface area contributed by atoms with Crippen molar-refractivity contribution in [1.29, 1.82) is 0 Å². The zero-order chi connectivity index (χ0) is 12.3. The van der Waals surface area contributed by atoms with E-state index in [0.29, 0.717) is 12.2 Å². The third kappa shape index (κ3) is 2.54. The lowest BCUT2D eigenvalue weighted by Gasteiger charge is -2.03. The first-order valence-corrected chi connectivity index (χ1v) is 4.98. The van der Waals surface area contributed by atoms with Crippen LogP contribution in [0.1, 0.15) is 21.9 Å². The number of pyridine rings is 1. The standard InChI is InChI=1S/C11H11N5O/c12-10-8(11(13)17)6-15-9(16-10)5-7-3-1-2-4-14-7/h1-4,6H,5H2,(H2,13,17)(H2,12,15,16). The monoisotopic (exact) mass is 229 g/mol. The fraction of sp³-hybridized carbons (Fsp3) is 0.0909. The minimum Gasteiger partial charge on any atom is -0.383 e. The van der Waals surface area contributed by atoms with Crippen molar-refractivity contribution < 1.29 is 4.79 Å². The van der Waals surface area contributed by atoms with Crippen LogP contribution in [0.5, 0.6) is 0 Å². The van der Waals surface area contributed by atoms with E-state index in [9.17, 15) is 4.79 Å². The summed E-state index contributed by atoms with van der Waals surface area (Å²) in [6.45, 7) is 0. The number of carbonyl (C=O) groups is 1. The van der Waals surface area contributed by atoms with Gasteiger partial charge in [-0.2, -0.15) is 0 Å². The number of hydrogen-bond donors (Lipinski definition) is 2. The maximum absolute atomic E-state index is 10.9. The maximum atomic E-state index is 10.9. The third-order valence-corrected chi connectivity index (χ3v) is 2.20. The van der Waals surface area contributed by atoms with Gasteiger partial charge in [0.25, 0.3) is 5.91 Å². The van der Waals surface area contributed by atoms with Crippen molar-refractivity contribution in [3.8, 4) is 0 Å². The van der Waals surface area contributed by atoms with Crippen molar-refractivity contribution in [1.82, 2.24) is 15.0 Å². The highest BCUT2D eigenvalue weighted by molar-refractivity contribution is 5.96. The molecule has 17 heavy (non-hydrogen) atoms. The van der Waals surface area contributed by atoms with Crippen molar-refractivity contribution in [2.24, 2.45) is 5.73 Å². The first kappa shape index (κ1) is 11.0. The van der Waals surface area contributed by atoms with Crippen LogP contribution in [0.2, 0.25) is 0 Å². The molecule has 2 heterocycles. The quantitative estimate of drug-likeness (QED) is 0.778. The smallest absolute Gasteiger partial charge is 0.254 e. The summed E-state index contributed by atoms with van der Waals surface area (Å²) in [4.78, 5) is 23.1. The predicted octanol–water partition coefficient (Wildman–Crippen LogP) is 0.144. The molecule has 1 amide bonds. The number of aromatic nitrogens is 3. The molecule has 6 heteroatoms. The SMILES string of the molecule is NC(=O)c1cnc(Cc2ccccn2)nc1N. The summed E-state index contributed by atoms with van der Waals surface area (Å²) < 4.78 is 0. The van der Waals surface area contributed by atoms with Crippen molar-refractivity contribution in [3.63, 3.8) is 0 Å². The highest BCUT2D eigenvalue weighted by Gasteiger charge is 2.09. The molecule has 6 nitrogen and oxygen atoms in total. The molecule has 4 N–H and O–H groups in total. The van der Waals surface area contributed by atoms with Gasteiger partial charge in [0.15, 0.2) is 0 Å². The Labute approximate surface area is 97.7 Å². The lowest BCUT2D eigenvalue weighted by molar-refractivity contribution is 0.100. The van der Waals surface area contributed by atoms with E-state index in [-0.39, 0.29) is 11.4 Å². The van der Waals surface area contributed by atoms with Gasteiger partial charge in [-0.15, -0.1) is 0 Å². The van der Waals surface area contributed by atoms with E-state index in [4.69, 9.17) is 11.5 Å². The van der Waals surface area contributed by atoms with Gasteiger partial charge in [-0.1, -0.05) is 6.07 Å². The number of primary amides is 1. The molecule has 0 aliphatic rings. The number of hydrogen-bond acceptors (Lipinski definition) is 5. The van der Waals surface area contributed by atoms with Gasteiger partial charge < -0.3 is 11.5 Å². The number of nitrogen functional groups attached to an aromatic ring is 1. The Balaban J connectivity index is 2.24. The first-order chi connectivity index (χ1) is 8.16. The first-order valence-electron chi connectivity index (χ1n) is 4.98. The molecule has 0 bridgehead atoms. The summed E-state index contributed by atoms with van der Waals surface area (Å²) in [6.07, 6.45) is 3.49. The second-order valence-electron chi connectivity index (χ2n) is 3.45. The van der Waals surface area contributed by atoms with E-state index in [1.54, 1.807) is 6.20 Å². The average molecular weight is 229 g/mol. The number of nitrogens with zero attached hydrogens (tertiary/aromatic N) is 3. The van der Waals surface area contributed by atoms with E-state index in [1.807, 2.05) is 18.2 Å². The van der Waals surface area contributed by atoms with Gasteiger partial charge in [0.2, 0.25) is 0 Å². The molecule has 86 valence electrons. The van der Waals surface area contributed by atoms with Crippen LogP contribution in [-0.2, 0) is 6.42 Å². The zero-order valence-electron chi connectivity index (χ0n) is 9.00. The lowest BCUT2D eigenvalue weighted by Crippen LogP contribution is -2.16.